The molecule has 0 spiro atoms. The molecule has 2 rings (SSSR count). The predicted octanol–water partition coefficient (Wildman–Crippen LogP) is 2.15. The van der Waals surface area contributed by atoms with Crippen molar-refractivity contribution in [3.8, 4) is 5.75 Å². The quantitative estimate of drug-likeness (QED) is 0.772. The molecule has 3 N–H and O–H groups in total. The monoisotopic (exact) mass is 333 g/mol. The molecule has 6 nitrogen and oxygen atoms in total. The van der Waals surface area contributed by atoms with Gasteiger partial charge in [0.15, 0.2) is 0 Å². The van der Waals surface area contributed by atoms with Gasteiger partial charge in [0.1, 0.15) is 11.8 Å². The SMILES string of the molecule is COc1ccccc1[C@@H]1C[C@H]1NC(=O)N[C@@H](C)C(=O)NC(C)(C)C. The minimum Gasteiger partial charge on any atom is -0.496 e. The van der Waals surface area contributed by atoms with Crippen LogP contribution in [-0.2, 0) is 4.79 Å². The van der Waals surface area contributed by atoms with Gasteiger partial charge in [-0.25, -0.2) is 4.79 Å². The van der Waals surface area contributed by atoms with E-state index in [4.69, 9.17) is 4.74 Å². The van der Waals surface area contributed by atoms with E-state index in [1.165, 1.54) is 0 Å². The van der Waals surface area contributed by atoms with Gasteiger partial charge in [-0.3, -0.25) is 4.79 Å². The number of para-hydroxylation sites is 1. The third kappa shape index (κ3) is 4.88. The molecule has 0 unspecified atom stereocenters. The Hall–Kier alpha value is -2.24. The maximum Gasteiger partial charge on any atom is 0.315 e. The van der Waals surface area contributed by atoms with E-state index in [-0.39, 0.29) is 29.4 Å². The van der Waals surface area contributed by atoms with Crippen LogP contribution >= 0.6 is 0 Å². The van der Waals surface area contributed by atoms with Crippen LogP contribution in [-0.4, -0.2) is 36.7 Å². The largest absolute Gasteiger partial charge is 0.496 e. The highest BCUT2D eigenvalue weighted by Gasteiger charge is 2.41. The van der Waals surface area contributed by atoms with Crippen LogP contribution in [0.2, 0.25) is 0 Å². The van der Waals surface area contributed by atoms with Crippen molar-refractivity contribution in [1.82, 2.24) is 16.0 Å². The summed E-state index contributed by atoms with van der Waals surface area (Å²) in [7, 11) is 1.64. The summed E-state index contributed by atoms with van der Waals surface area (Å²) < 4.78 is 5.36. The maximum atomic E-state index is 12.1. The summed E-state index contributed by atoms with van der Waals surface area (Å²) in [6.07, 6.45) is 0.871. The van der Waals surface area contributed by atoms with Gasteiger partial charge in [0.05, 0.1) is 7.11 Å². The van der Waals surface area contributed by atoms with E-state index in [0.29, 0.717) is 0 Å². The Labute approximate surface area is 143 Å². The number of benzene rings is 1. The zero-order chi connectivity index (χ0) is 17.9. The third-order valence-electron chi connectivity index (χ3n) is 3.88. The summed E-state index contributed by atoms with van der Waals surface area (Å²) in [5.41, 5.74) is 0.776. The molecule has 3 amide bonds. The Kier molecular flexibility index (Phi) is 5.36. The first-order valence-electron chi connectivity index (χ1n) is 8.23. The number of hydrogen-bond donors (Lipinski definition) is 3. The molecule has 0 radical (unpaired) electrons. The molecule has 1 aliphatic rings. The summed E-state index contributed by atoms with van der Waals surface area (Å²) >= 11 is 0. The van der Waals surface area contributed by atoms with Crippen molar-refractivity contribution in [2.75, 3.05) is 7.11 Å². The summed E-state index contributed by atoms with van der Waals surface area (Å²) in [5.74, 6) is 0.894. The molecule has 1 aromatic rings. The summed E-state index contributed by atoms with van der Waals surface area (Å²) in [6, 6.07) is 6.98. The number of ether oxygens (including phenoxy) is 1. The van der Waals surface area contributed by atoms with Crippen molar-refractivity contribution in [2.24, 2.45) is 0 Å². The van der Waals surface area contributed by atoms with Gasteiger partial charge in [-0.05, 0) is 45.7 Å². The molecule has 132 valence electrons. The highest BCUT2D eigenvalue weighted by molar-refractivity contribution is 5.87. The van der Waals surface area contributed by atoms with E-state index in [1.54, 1.807) is 14.0 Å². The number of hydrogen-bond acceptors (Lipinski definition) is 3. The number of amides is 3. The van der Waals surface area contributed by atoms with E-state index >= 15 is 0 Å². The smallest absolute Gasteiger partial charge is 0.315 e. The molecule has 1 aromatic carbocycles. The van der Waals surface area contributed by atoms with Crippen LogP contribution in [0.25, 0.3) is 0 Å². The normalized spacial score (nSPS) is 20.7. The predicted molar refractivity (Wildman–Crippen MR) is 93.2 cm³/mol. The first-order valence-corrected chi connectivity index (χ1v) is 8.23. The van der Waals surface area contributed by atoms with Crippen molar-refractivity contribution in [3.05, 3.63) is 29.8 Å². The number of carbonyl (C=O) groups excluding carboxylic acids is 2. The Morgan fingerprint density at radius 1 is 1.25 bits per heavy atom. The molecule has 1 saturated carbocycles. The van der Waals surface area contributed by atoms with Gasteiger partial charge in [0.25, 0.3) is 0 Å². The summed E-state index contributed by atoms with van der Waals surface area (Å²) in [4.78, 5) is 24.1. The highest BCUT2D eigenvalue weighted by Crippen LogP contribution is 2.44. The first-order chi connectivity index (χ1) is 11.2. The Morgan fingerprint density at radius 3 is 2.54 bits per heavy atom. The molecule has 0 heterocycles. The molecule has 0 bridgehead atoms. The Morgan fingerprint density at radius 2 is 1.92 bits per heavy atom. The number of rotatable bonds is 5. The highest BCUT2D eigenvalue weighted by atomic mass is 16.5. The third-order valence-corrected chi connectivity index (χ3v) is 3.88. The lowest BCUT2D eigenvalue weighted by molar-refractivity contribution is -0.123. The van der Waals surface area contributed by atoms with Crippen LogP contribution in [0.4, 0.5) is 4.79 Å². The molecule has 24 heavy (non-hydrogen) atoms. The molecule has 1 aliphatic carbocycles. The summed E-state index contributed by atoms with van der Waals surface area (Å²) in [5, 5.41) is 8.44. The standard InChI is InChI=1S/C18H27N3O3/c1-11(16(22)21-18(2,3)4)19-17(23)20-14-10-13(14)12-8-6-7-9-15(12)24-5/h6-9,11,13-14H,10H2,1-5H3,(H,21,22)(H2,19,20,23)/t11-,13-,14+/m0/s1. The van der Waals surface area contributed by atoms with Gasteiger partial charge >= 0.3 is 6.03 Å². The second-order valence-electron chi connectivity index (χ2n) is 7.27. The molecule has 3 atom stereocenters. The lowest BCUT2D eigenvalue weighted by atomic mass is 10.1. The minimum atomic E-state index is -0.590. The van der Waals surface area contributed by atoms with Gasteiger partial charge in [-0.15, -0.1) is 0 Å². The topological polar surface area (TPSA) is 79.5 Å². The van der Waals surface area contributed by atoms with E-state index in [0.717, 1.165) is 17.7 Å². The number of carbonyl (C=O) groups is 2. The van der Waals surface area contributed by atoms with Crippen molar-refractivity contribution in [2.45, 2.75) is 57.7 Å². The van der Waals surface area contributed by atoms with Gasteiger partial charge in [0, 0.05) is 17.5 Å². The molecule has 0 aromatic heterocycles. The lowest BCUT2D eigenvalue weighted by Crippen LogP contribution is -2.53. The van der Waals surface area contributed by atoms with Crippen LogP contribution in [0.1, 0.15) is 45.6 Å². The fraction of sp³-hybridized carbons (Fsp3) is 0.556. The van der Waals surface area contributed by atoms with E-state index in [2.05, 4.69) is 16.0 Å². The number of nitrogens with one attached hydrogen (secondary N) is 3. The average Bonchev–Trinajstić information content (AvgIpc) is 3.24. The van der Waals surface area contributed by atoms with E-state index in [1.807, 2.05) is 45.0 Å². The first kappa shape index (κ1) is 18.1. The Bertz CT molecular complexity index is 610. The maximum absolute atomic E-state index is 12.1. The molecular formula is C18H27N3O3. The van der Waals surface area contributed by atoms with Crippen LogP contribution in [0.15, 0.2) is 24.3 Å². The van der Waals surface area contributed by atoms with Crippen LogP contribution in [0, 0.1) is 0 Å². The van der Waals surface area contributed by atoms with Gasteiger partial charge < -0.3 is 20.7 Å². The number of methoxy groups -OCH3 is 1. The van der Waals surface area contributed by atoms with E-state index in [9.17, 15) is 9.59 Å². The second kappa shape index (κ2) is 7.11. The fourth-order valence-electron chi connectivity index (χ4n) is 2.62. The lowest BCUT2D eigenvalue weighted by Gasteiger charge is -2.23. The molecule has 6 heteroatoms. The zero-order valence-corrected chi connectivity index (χ0v) is 15.0. The minimum absolute atomic E-state index is 0.0687. The van der Waals surface area contributed by atoms with E-state index < -0.39 is 6.04 Å². The molecule has 1 fully saturated rings. The Balaban J connectivity index is 1.83. The van der Waals surface area contributed by atoms with Crippen molar-refractivity contribution in [3.63, 3.8) is 0 Å². The van der Waals surface area contributed by atoms with Gasteiger partial charge in [0.2, 0.25) is 5.91 Å². The average molecular weight is 333 g/mol. The second-order valence-corrected chi connectivity index (χ2v) is 7.27. The van der Waals surface area contributed by atoms with Crippen LogP contribution < -0.4 is 20.7 Å². The van der Waals surface area contributed by atoms with Gasteiger partial charge in [-0.1, -0.05) is 18.2 Å². The fourth-order valence-corrected chi connectivity index (χ4v) is 2.62. The van der Waals surface area contributed by atoms with Crippen molar-refractivity contribution in [1.29, 1.82) is 0 Å². The molecular weight excluding hydrogens is 306 g/mol. The van der Waals surface area contributed by atoms with Crippen molar-refractivity contribution < 1.29 is 14.3 Å². The zero-order valence-electron chi connectivity index (χ0n) is 15.0. The number of urea groups is 1. The summed E-state index contributed by atoms with van der Waals surface area (Å²) in [6.45, 7) is 7.38. The van der Waals surface area contributed by atoms with Crippen molar-refractivity contribution >= 4 is 11.9 Å². The molecule has 0 aliphatic heterocycles. The van der Waals surface area contributed by atoms with Crippen LogP contribution in [0.5, 0.6) is 5.75 Å². The molecule has 0 saturated heterocycles. The van der Waals surface area contributed by atoms with Gasteiger partial charge in [-0.2, -0.15) is 0 Å². The van der Waals surface area contributed by atoms with Crippen LogP contribution in [0.3, 0.4) is 0 Å².